The Morgan fingerprint density at radius 1 is 0.471 bits per heavy atom. The Balaban J connectivity index is 1.51. The highest BCUT2D eigenvalue weighted by atomic mass is 19.4. The van der Waals surface area contributed by atoms with Gasteiger partial charge in [0.2, 0.25) is 0 Å². The molecular weight excluding hydrogens is 669 g/mol. The second-order valence-electron chi connectivity index (χ2n) is 12.5. The van der Waals surface area contributed by atoms with Crippen LogP contribution >= 0.6 is 0 Å². The Hall–Kier alpha value is -6.10. The molecule has 1 N–H and O–H groups in total. The molecule has 9 rings (SSSR count). The van der Waals surface area contributed by atoms with E-state index in [1.807, 2.05) is 54.6 Å². The van der Waals surface area contributed by atoms with Crippen molar-refractivity contribution in [2.24, 2.45) is 0 Å². The molecule has 1 atom stereocenters. The van der Waals surface area contributed by atoms with Crippen molar-refractivity contribution in [1.29, 1.82) is 0 Å². The molecule has 0 aliphatic carbocycles. The minimum atomic E-state index is -5.16. The van der Waals surface area contributed by atoms with Crippen molar-refractivity contribution in [3.05, 3.63) is 139 Å². The van der Waals surface area contributed by atoms with Crippen molar-refractivity contribution in [2.75, 3.05) is 0 Å². The zero-order chi connectivity index (χ0) is 35.3. The highest BCUT2D eigenvalue weighted by molar-refractivity contribution is 6.78. The van der Waals surface area contributed by atoms with E-state index in [4.69, 9.17) is 14.0 Å². The van der Waals surface area contributed by atoms with E-state index < -0.39 is 35.7 Å². The number of halogens is 6. The van der Waals surface area contributed by atoms with Gasteiger partial charge in [-0.2, -0.15) is 26.3 Å². The van der Waals surface area contributed by atoms with Crippen LogP contribution in [0.2, 0.25) is 0 Å². The number of hydrogen-bond acceptors (Lipinski definition) is 4. The SMILES string of the molecule is Oc1ccccc1-c1cc2ccccc2c2c1O[B-]1(c3cc(C(F)(F)F)cc(C(F)(F)F)c3)Oc3ccccc3-c3cc4ccccc4c-2c3O1. The van der Waals surface area contributed by atoms with Gasteiger partial charge in [-0.15, -0.1) is 0 Å². The molecule has 0 fully saturated rings. The number of para-hydroxylation sites is 2. The average Bonchev–Trinajstić information content (AvgIpc) is 3.35. The molecule has 2 aliphatic rings. The van der Waals surface area contributed by atoms with Gasteiger partial charge in [-0.25, -0.2) is 0 Å². The van der Waals surface area contributed by atoms with Crippen LogP contribution in [0.5, 0.6) is 23.0 Å². The smallest absolute Gasteiger partial charge is 0.580 e. The number of fused-ring (bicyclic) bond motifs is 9. The zero-order valence-electron chi connectivity index (χ0n) is 26.1. The molecule has 1 unspecified atom stereocenters. The van der Waals surface area contributed by atoms with Gasteiger partial charge in [-0.05, 0) is 51.9 Å². The third kappa shape index (κ3) is 4.79. The predicted octanol–water partition coefficient (Wildman–Crippen LogP) is 10.7. The fraction of sp³-hybridized carbons (Fsp3) is 0.0500. The molecule has 2 aliphatic heterocycles. The van der Waals surface area contributed by atoms with Gasteiger partial charge in [-0.1, -0.05) is 103 Å². The van der Waals surface area contributed by atoms with Gasteiger partial charge in [0.1, 0.15) is 5.75 Å². The first-order valence-electron chi connectivity index (χ1n) is 15.9. The molecule has 0 aromatic heterocycles. The van der Waals surface area contributed by atoms with Gasteiger partial charge in [0.05, 0.1) is 28.4 Å². The summed E-state index contributed by atoms with van der Waals surface area (Å²) in [5.41, 5.74) is -1.14. The van der Waals surface area contributed by atoms with Gasteiger partial charge in [0.15, 0.2) is 0 Å². The Bertz CT molecular complexity index is 2550. The number of hydrogen-bond donors (Lipinski definition) is 1. The third-order valence-corrected chi connectivity index (χ3v) is 9.47. The first-order chi connectivity index (χ1) is 24.4. The molecule has 7 aromatic rings. The largest absolute Gasteiger partial charge is 0.645 e. The Morgan fingerprint density at radius 3 is 1.49 bits per heavy atom. The summed E-state index contributed by atoms with van der Waals surface area (Å²) in [7, 11) is 0. The number of rotatable bonds is 2. The van der Waals surface area contributed by atoms with E-state index in [0.29, 0.717) is 56.3 Å². The van der Waals surface area contributed by atoms with E-state index in [0.717, 1.165) is 10.8 Å². The van der Waals surface area contributed by atoms with Crippen LogP contribution in [0.25, 0.3) is 54.9 Å². The second kappa shape index (κ2) is 10.7. The van der Waals surface area contributed by atoms with Crippen molar-refractivity contribution in [3.8, 4) is 56.4 Å². The summed E-state index contributed by atoms with van der Waals surface area (Å²) in [4.78, 5) is 0. The first kappa shape index (κ1) is 30.9. The summed E-state index contributed by atoms with van der Waals surface area (Å²) in [5, 5.41) is 14.0. The summed E-state index contributed by atoms with van der Waals surface area (Å²) < 4.78 is 107. The van der Waals surface area contributed by atoms with E-state index in [9.17, 15) is 31.4 Å². The number of alkyl halides is 6. The number of aromatic hydroxyl groups is 1. The number of phenols is 1. The van der Waals surface area contributed by atoms with Crippen molar-refractivity contribution in [1.82, 2.24) is 0 Å². The van der Waals surface area contributed by atoms with Crippen molar-refractivity contribution in [2.45, 2.75) is 12.4 Å². The average molecular weight is 691 g/mol. The number of benzene rings is 7. The van der Waals surface area contributed by atoms with Gasteiger partial charge < -0.3 is 19.1 Å². The highest BCUT2D eigenvalue weighted by Gasteiger charge is 2.48. The maximum Gasteiger partial charge on any atom is 0.580 e. The minimum absolute atomic E-state index is 0.0432. The molecule has 0 saturated carbocycles. The minimum Gasteiger partial charge on any atom is -0.645 e. The fourth-order valence-corrected chi connectivity index (χ4v) is 7.23. The molecule has 11 heteroatoms. The molecule has 0 saturated heterocycles. The van der Waals surface area contributed by atoms with E-state index in [2.05, 4.69) is 0 Å². The molecule has 0 spiro atoms. The van der Waals surface area contributed by atoms with Crippen LogP contribution in [0.4, 0.5) is 26.3 Å². The van der Waals surface area contributed by atoms with Crippen LogP contribution in [0.15, 0.2) is 127 Å². The van der Waals surface area contributed by atoms with Crippen LogP contribution in [-0.4, -0.2) is 11.9 Å². The molecule has 4 nitrogen and oxygen atoms in total. The molecule has 252 valence electrons. The standard InChI is InChI=1S/C40H22BF6O4/c42-39(43,44)24-19-25(40(45,46)47)21-26(20-24)41-49-34-16-8-6-14-30(34)32-18-23-10-2-4-12-28(23)36(38(32)51-41)35-27-11-3-1-9-22(27)17-31(37(35)50-41)29-13-5-7-15-33(29)48/h1-21,48H/q-1. The predicted molar refractivity (Wildman–Crippen MR) is 183 cm³/mol. The molecule has 7 aromatic carbocycles. The van der Waals surface area contributed by atoms with Crippen LogP contribution in [0.1, 0.15) is 11.1 Å². The quantitative estimate of drug-likeness (QED) is 0.145. The fourth-order valence-electron chi connectivity index (χ4n) is 7.23. The maximum atomic E-state index is 14.4. The van der Waals surface area contributed by atoms with Crippen LogP contribution in [0, 0.1) is 0 Å². The van der Waals surface area contributed by atoms with Crippen LogP contribution < -0.4 is 19.4 Å². The molecule has 2 heterocycles. The summed E-state index contributed by atoms with van der Waals surface area (Å²) in [5.74, 6) is 0.193. The lowest BCUT2D eigenvalue weighted by Crippen LogP contribution is -2.64. The Kier molecular flexibility index (Phi) is 6.49. The van der Waals surface area contributed by atoms with Gasteiger partial charge >= 0.3 is 19.1 Å². The molecular formula is C40H22BF6O4-. The van der Waals surface area contributed by atoms with Crippen molar-refractivity contribution < 1.29 is 45.4 Å². The second-order valence-corrected chi connectivity index (χ2v) is 12.5. The monoisotopic (exact) mass is 691 g/mol. The topological polar surface area (TPSA) is 47.9 Å². The lowest BCUT2D eigenvalue weighted by Gasteiger charge is -2.42. The van der Waals surface area contributed by atoms with Gasteiger partial charge in [0.25, 0.3) is 0 Å². The molecule has 51 heavy (non-hydrogen) atoms. The first-order valence-corrected chi connectivity index (χ1v) is 15.9. The van der Waals surface area contributed by atoms with Crippen LogP contribution in [0.3, 0.4) is 0 Å². The lowest BCUT2D eigenvalue weighted by atomic mass is 9.67. The number of phenolic OH excluding ortho intramolecular Hbond substituents is 1. The van der Waals surface area contributed by atoms with E-state index >= 15 is 0 Å². The summed E-state index contributed by atoms with van der Waals surface area (Å²) in [6.45, 7) is -3.74. The highest BCUT2D eigenvalue weighted by Crippen LogP contribution is 2.57. The van der Waals surface area contributed by atoms with E-state index in [-0.39, 0.29) is 29.1 Å². The molecule has 0 amide bonds. The third-order valence-electron chi connectivity index (χ3n) is 9.47. The maximum absolute atomic E-state index is 14.4. The van der Waals surface area contributed by atoms with E-state index in [1.165, 1.54) is 6.07 Å². The van der Waals surface area contributed by atoms with Crippen molar-refractivity contribution >= 4 is 33.8 Å². The molecule has 0 radical (unpaired) electrons. The normalized spacial score (nSPS) is 16.3. The zero-order valence-corrected chi connectivity index (χ0v) is 26.1. The molecule has 2 bridgehead atoms. The van der Waals surface area contributed by atoms with Crippen LogP contribution in [-0.2, 0) is 12.4 Å². The van der Waals surface area contributed by atoms with Gasteiger partial charge in [-0.3, -0.25) is 0 Å². The Morgan fingerprint density at radius 2 is 0.941 bits per heavy atom. The summed E-state index contributed by atoms with van der Waals surface area (Å²) in [6.07, 6.45) is -10.3. The van der Waals surface area contributed by atoms with Crippen molar-refractivity contribution in [3.63, 3.8) is 0 Å². The van der Waals surface area contributed by atoms with Gasteiger partial charge in [0, 0.05) is 33.4 Å². The lowest BCUT2D eigenvalue weighted by molar-refractivity contribution is -0.143. The Labute approximate surface area is 286 Å². The van der Waals surface area contributed by atoms with E-state index in [1.54, 1.807) is 48.5 Å². The summed E-state index contributed by atoms with van der Waals surface area (Å²) >= 11 is 0. The summed E-state index contributed by atoms with van der Waals surface area (Å²) in [6, 6.07) is 32.8.